The Kier molecular flexibility index (Phi) is 5.82. The number of hydrogen-bond donors (Lipinski definition) is 0. The van der Waals surface area contributed by atoms with Crippen molar-refractivity contribution in [2.24, 2.45) is 9.98 Å². The molecular weight excluding hydrogens is 585 g/mol. The normalized spacial score (nSPS) is 15.2. The SMILES string of the molecule is CN1C(c2ccccc2-n2c3cccc4c3c3c5c(cccc5ccc32)-c2ccccc2-4)=NC(c2ccccc2)=NC1c1ccccc1. The summed E-state index contributed by atoms with van der Waals surface area (Å²) in [6.07, 6.45) is -0.222. The Morgan fingerprint density at radius 1 is 0.479 bits per heavy atom. The molecule has 226 valence electrons. The van der Waals surface area contributed by atoms with E-state index in [4.69, 9.17) is 9.98 Å². The Hall–Kier alpha value is -6.26. The highest BCUT2D eigenvalue weighted by Gasteiger charge is 2.30. The van der Waals surface area contributed by atoms with Crippen LogP contribution in [0, 0.1) is 0 Å². The second-order valence-electron chi connectivity index (χ2n) is 12.6. The van der Waals surface area contributed by atoms with Gasteiger partial charge in [0.15, 0.2) is 5.84 Å². The lowest BCUT2D eigenvalue weighted by Crippen LogP contribution is -2.36. The maximum Gasteiger partial charge on any atom is 0.159 e. The molecule has 0 bridgehead atoms. The Balaban J connectivity index is 1.27. The summed E-state index contributed by atoms with van der Waals surface area (Å²) in [7, 11) is 2.11. The van der Waals surface area contributed by atoms with E-state index in [1.807, 2.05) is 18.2 Å². The van der Waals surface area contributed by atoms with E-state index in [0.717, 1.165) is 34.0 Å². The van der Waals surface area contributed by atoms with Crippen molar-refractivity contribution in [3.8, 4) is 27.9 Å². The van der Waals surface area contributed by atoms with Crippen LogP contribution in [0.2, 0.25) is 0 Å². The Morgan fingerprint density at radius 2 is 1.08 bits per heavy atom. The minimum absolute atomic E-state index is 0.222. The third-order valence-corrected chi connectivity index (χ3v) is 9.98. The summed E-state index contributed by atoms with van der Waals surface area (Å²) in [5.41, 5.74) is 11.7. The van der Waals surface area contributed by atoms with Crippen LogP contribution in [0.15, 0.2) is 168 Å². The fourth-order valence-corrected chi connectivity index (χ4v) is 7.87. The van der Waals surface area contributed by atoms with Crippen molar-refractivity contribution < 1.29 is 0 Å². The quantitative estimate of drug-likeness (QED) is 0.194. The first-order valence-electron chi connectivity index (χ1n) is 16.4. The second kappa shape index (κ2) is 10.4. The van der Waals surface area contributed by atoms with Crippen molar-refractivity contribution in [2.45, 2.75) is 6.17 Å². The molecule has 4 heteroatoms. The van der Waals surface area contributed by atoms with Crippen molar-refractivity contribution in [2.75, 3.05) is 7.05 Å². The van der Waals surface area contributed by atoms with Crippen LogP contribution in [0.3, 0.4) is 0 Å². The average Bonchev–Trinajstić information content (AvgIpc) is 3.43. The molecule has 0 fully saturated rings. The third kappa shape index (κ3) is 3.83. The van der Waals surface area contributed by atoms with Gasteiger partial charge in [-0.2, -0.15) is 0 Å². The number of hydrogen-bond acceptors (Lipinski definition) is 3. The summed E-state index contributed by atoms with van der Waals surface area (Å²) in [6.45, 7) is 0. The number of rotatable bonds is 4. The molecule has 0 radical (unpaired) electrons. The van der Waals surface area contributed by atoms with Gasteiger partial charge in [-0.3, -0.25) is 0 Å². The summed E-state index contributed by atoms with van der Waals surface area (Å²) < 4.78 is 2.45. The van der Waals surface area contributed by atoms with Crippen molar-refractivity contribution in [3.05, 3.63) is 174 Å². The van der Waals surface area contributed by atoms with Crippen LogP contribution in [0.25, 0.3) is 60.5 Å². The first-order valence-corrected chi connectivity index (χ1v) is 16.4. The van der Waals surface area contributed by atoms with E-state index in [1.165, 1.54) is 54.8 Å². The fourth-order valence-electron chi connectivity index (χ4n) is 7.87. The number of benzene rings is 7. The predicted molar refractivity (Wildman–Crippen MR) is 199 cm³/mol. The standard InChI is InChI=1S/C44H30N4/c1-47-43(30-16-6-3-7-17-30)45-42(29-14-4-2-5-15-29)46-44(47)35-21-10-11-24-36(35)48-37-25-13-23-34-32-20-9-8-19-31(32)33-22-12-18-28-26-27-38(48)41(39(28)33)40(34)37/h2-27,43H,1H3. The van der Waals surface area contributed by atoms with Gasteiger partial charge in [0.25, 0.3) is 0 Å². The molecule has 0 amide bonds. The van der Waals surface area contributed by atoms with E-state index >= 15 is 0 Å². The molecule has 0 saturated carbocycles. The largest absolute Gasteiger partial charge is 0.333 e. The van der Waals surface area contributed by atoms with Gasteiger partial charge in [-0.1, -0.05) is 133 Å². The number of fused-ring (bicyclic) bond motifs is 3. The number of para-hydroxylation sites is 1. The smallest absolute Gasteiger partial charge is 0.159 e. The maximum absolute atomic E-state index is 5.31. The predicted octanol–water partition coefficient (Wildman–Crippen LogP) is 10.4. The molecule has 8 aromatic rings. The molecule has 10 rings (SSSR count). The topological polar surface area (TPSA) is 32.9 Å². The van der Waals surface area contributed by atoms with E-state index in [0.29, 0.717) is 0 Å². The second-order valence-corrected chi connectivity index (χ2v) is 12.6. The van der Waals surface area contributed by atoms with E-state index < -0.39 is 0 Å². The Labute approximate surface area is 278 Å². The van der Waals surface area contributed by atoms with Crippen LogP contribution in [-0.4, -0.2) is 28.2 Å². The highest BCUT2D eigenvalue weighted by Crippen LogP contribution is 2.49. The molecule has 1 aliphatic carbocycles. The third-order valence-electron chi connectivity index (χ3n) is 9.98. The molecular formula is C44H30N4. The number of amidine groups is 2. The summed E-state index contributed by atoms with van der Waals surface area (Å²) in [5, 5.41) is 5.15. The maximum atomic E-state index is 5.31. The summed E-state index contributed by atoms with van der Waals surface area (Å²) in [4.78, 5) is 12.7. The lowest BCUT2D eigenvalue weighted by atomic mass is 9.93. The lowest BCUT2D eigenvalue weighted by molar-refractivity contribution is 0.383. The molecule has 0 N–H and O–H groups in total. The zero-order valence-electron chi connectivity index (χ0n) is 26.4. The summed E-state index contributed by atoms with van der Waals surface area (Å²) in [6, 6.07) is 56.4. The van der Waals surface area contributed by atoms with Gasteiger partial charge in [0.1, 0.15) is 12.0 Å². The average molecular weight is 615 g/mol. The molecule has 1 atom stereocenters. The lowest BCUT2D eigenvalue weighted by Gasteiger charge is -2.33. The summed E-state index contributed by atoms with van der Waals surface area (Å²) in [5.74, 6) is 1.62. The van der Waals surface area contributed by atoms with Gasteiger partial charge in [-0.25, -0.2) is 9.98 Å². The first kappa shape index (κ1) is 26.9. The molecule has 1 aromatic heterocycles. The zero-order valence-corrected chi connectivity index (χ0v) is 26.4. The van der Waals surface area contributed by atoms with Gasteiger partial charge in [0, 0.05) is 28.9 Å². The molecule has 7 aromatic carbocycles. The van der Waals surface area contributed by atoms with Crippen molar-refractivity contribution in [1.82, 2.24) is 9.47 Å². The minimum atomic E-state index is -0.222. The van der Waals surface area contributed by atoms with Gasteiger partial charge >= 0.3 is 0 Å². The Bertz CT molecular complexity index is 2630. The molecule has 48 heavy (non-hydrogen) atoms. The molecule has 1 aliphatic heterocycles. The molecule has 2 heterocycles. The molecule has 4 nitrogen and oxygen atoms in total. The monoisotopic (exact) mass is 614 g/mol. The number of nitrogens with zero attached hydrogens (tertiary/aromatic N) is 4. The van der Waals surface area contributed by atoms with E-state index in [2.05, 4.69) is 156 Å². The molecule has 0 spiro atoms. The van der Waals surface area contributed by atoms with Crippen LogP contribution in [0.5, 0.6) is 0 Å². The number of aliphatic imine (C=N–C) groups is 2. The Morgan fingerprint density at radius 3 is 1.85 bits per heavy atom. The van der Waals surface area contributed by atoms with Crippen LogP contribution in [-0.2, 0) is 0 Å². The molecule has 2 aliphatic rings. The molecule has 0 saturated heterocycles. The van der Waals surface area contributed by atoms with Crippen LogP contribution < -0.4 is 0 Å². The summed E-state index contributed by atoms with van der Waals surface area (Å²) >= 11 is 0. The van der Waals surface area contributed by atoms with E-state index in [9.17, 15) is 0 Å². The van der Waals surface area contributed by atoms with Crippen molar-refractivity contribution in [3.63, 3.8) is 0 Å². The minimum Gasteiger partial charge on any atom is -0.333 e. The van der Waals surface area contributed by atoms with Gasteiger partial charge in [-0.15, -0.1) is 0 Å². The first-order chi connectivity index (χ1) is 23.8. The van der Waals surface area contributed by atoms with Gasteiger partial charge in [0.05, 0.1) is 16.7 Å². The van der Waals surface area contributed by atoms with Crippen molar-refractivity contribution >= 4 is 44.2 Å². The van der Waals surface area contributed by atoms with Crippen LogP contribution in [0.4, 0.5) is 0 Å². The van der Waals surface area contributed by atoms with E-state index in [-0.39, 0.29) is 6.17 Å². The number of aromatic nitrogens is 1. The highest BCUT2D eigenvalue weighted by atomic mass is 15.3. The van der Waals surface area contributed by atoms with Crippen molar-refractivity contribution in [1.29, 1.82) is 0 Å². The van der Waals surface area contributed by atoms with Gasteiger partial charge < -0.3 is 9.47 Å². The van der Waals surface area contributed by atoms with Gasteiger partial charge in [-0.05, 0) is 62.9 Å². The van der Waals surface area contributed by atoms with Gasteiger partial charge in [0.2, 0.25) is 0 Å². The molecule has 1 unspecified atom stereocenters. The van der Waals surface area contributed by atoms with Crippen LogP contribution >= 0.6 is 0 Å². The zero-order chi connectivity index (χ0) is 31.8. The highest BCUT2D eigenvalue weighted by molar-refractivity contribution is 6.30. The fraction of sp³-hybridized carbons (Fsp3) is 0.0455. The van der Waals surface area contributed by atoms with E-state index in [1.54, 1.807) is 0 Å². The van der Waals surface area contributed by atoms with Crippen LogP contribution in [0.1, 0.15) is 22.9 Å².